The van der Waals surface area contributed by atoms with Gasteiger partial charge in [-0.25, -0.2) is 13.1 Å². The predicted octanol–water partition coefficient (Wildman–Crippen LogP) is 2.61. The van der Waals surface area contributed by atoms with Gasteiger partial charge in [0.25, 0.3) is 5.56 Å². The zero-order valence-corrected chi connectivity index (χ0v) is 21.4. The average molecular weight is 517 g/mol. The number of nitrogens with one attached hydrogen (secondary N) is 1. The van der Waals surface area contributed by atoms with Crippen molar-refractivity contribution in [1.29, 1.82) is 0 Å². The van der Waals surface area contributed by atoms with Crippen LogP contribution < -0.4 is 10.3 Å². The summed E-state index contributed by atoms with van der Waals surface area (Å²) in [7, 11) is -3.53. The Balaban J connectivity index is 1.06. The van der Waals surface area contributed by atoms with E-state index in [1.54, 1.807) is 30.3 Å². The molecule has 1 unspecified atom stereocenters. The summed E-state index contributed by atoms with van der Waals surface area (Å²) in [5.41, 5.74) is 1.35. The van der Waals surface area contributed by atoms with E-state index < -0.39 is 10.0 Å². The number of pyridine rings is 1. The van der Waals surface area contributed by atoms with Gasteiger partial charge in [0.1, 0.15) is 0 Å². The Morgan fingerprint density at radius 1 is 1.00 bits per heavy atom. The van der Waals surface area contributed by atoms with Crippen molar-refractivity contribution in [2.24, 2.45) is 17.8 Å². The number of sulfonamides is 1. The second-order valence-corrected chi connectivity index (χ2v) is 13.1. The third kappa shape index (κ3) is 4.71. The van der Waals surface area contributed by atoms with Gasteiger partial charge in [-0.3, -0.25) is 9.69 Å². The maximum absolute atomic E-state index is 12.7. The number of halogens is 1. The zero-order valence-electron chi connectivity index (χ0n) is 19.9. The molecule has 7 rings (SSSR count). The third-order valence-electron chi connectivity index (χ3n) is 8.70. The van der Waals surface area contributed by atoms with Crippen molar-refractivity contribution < 1.29 is 8.42 Å². The molecule has 5 aliphatic heterocycles. The van der Waals surface area contributed by atoms with E-state index >= 15 is 0 Å². The number of fused-ring (bicyclic) bond motifs is 7. The number of piperidine rings is 4. The highest BCUT2D eigenvalue weighted by Crippen LogP contribution is 2.39. The van der Waals surface area contributed by atoms with E-state index in [1.165, 1.54) is 18.5 Å². The molecule has 35 heavy (non-hydrogen) atoms. The fourth-order valence-electron chi connectivity index (χ4n) is 7.05. The van der Waals surface area contributed by atoms with Gasteiger partial charge in [-0.2, -0.15) is 0 Å². The first-order valence-corrected chi connectivity index (χ1v) is 14.6. The monoisotopic (exact) mass is 516 g/mol. The SMILES string of the molecule is O=c1cccc2n1C[C@@H]1C[C@@H]2CN(C[C@@H]2CN3CC[C@H]2C[C@@H]3CNS(=O)(=O)c2ccc(Cl)cc2)C1. The molecule has 188 valence electrons. The van der Waals surface area contributed by atoms with Gasteiger partial charge in [0.2, 0.25) is 10.0 Å². The average Bonchev–Trinajstić information content (AvgIpc) is 2.84. The maximum atomic E-state index is 12.7. The van der Waals surface area contributed by atoms with Crippen LogP contribution in [-0.2, 0) is 16.6 Å². The molecule has 0 aliphatic carbocycles. The van der Waals surface area contributed by atoms with Gasteiger partial charge in [0, 0.05) is 68.0 Å². The maximum Gasteiger partial charge on any atom is 0.250 e. The number of nitrogens with zero attached hydrogens (tertiary/aromatic N) is 3. The lowest BCUT2D eigenvalue weighted by Crippen LogP contribution is -2.59. The predicted molar refractivity (Wildman–Crippen MR) is 136 cm³/mol. The number of benzene rings is 1. The molecule has 4 bridgehead atoms. The molecular formula is C26H33ClN4O3S. The van der Waals surface area contributed by atoms with Crippen LogP contribution in [0.1, 0.15) is 30.9 Å². The van der Waals surface area contributed by atoms with Crippen molar-refractivity contribution in [2.45, 2.75) is 42.7 Å². The van der Waals surface area contributed by atoms with Crippen molar-refractivity contribution in [3.8, 4) is 0 Å². The number of rotatable bonds is 6. The van der Waals surface area contributed by atoms with Gasteiger partial charge in [0.05, 0.1) is 4.90 Å². The van der Waals surface area contributed by atoms with Crippen LogP contribution in [0.2, 0.25) is 5.02 Å². The van der Waals surface area contributed by atoms with Crippen LogP contribution in [0.5, 0.6) is 0 Å². The molecule has 6 atom stereocenters. The summed E-state index contributed by atoms with van der Waals surface area (Å²) in [6.45, 7) is 6.61. The highest BCUT2D eigenvalue weighted by molar-refractivity contribution is 7.89. The molecule has 6 heterocycles. The lowest BCUT2D eigenvalue weighted by atomic mass is 9.74. The van der Waals surface area contributed by atoms with Crippen LogP contribution in [0.3, 0.4) is 0 Å². The van der Waals surface area contributed by atoms with Crippen molar-refractivity contribution in [3.05, 3.63) is 63.5 Å². The third-order valence-corrected chi connectivity index (χ3v) is 10.4. The fraction of sp³-hybridized carbons (Fsp3) is 0.577. The van der Waals surface area contributed by atoms with Gasteiger partial charge in [-0.05, 0) is 73.9 Å². The largest absolute Gasteiger partial charge is 0.312 e. The minimum Gasteiger partial charge on any atom is -0.312 e. The molecular weight excluding hydrogens is 484 g/mol. The highest BCUT2D eigenvalue weighted by atomic mass is 35.5. The first-order chi connectivity index (χ1) is 16.9. The van der Waals surface area contributed by atoms with Crippen LogP contribution in [0.15, 0.2) is 52.2 Å². The Bertz CT molecular complexity index is 1250. The highest BCUT2D eigenvalue weighted by Gasteiger charge is 2.42. The van der Waals surface area contributed by atoms with Crippen LogP contribution in [0, 0.1) is 17.8 Å². The molecule has 4 saturated heterocycles. The molecule has 0 saturated carbocycles. The van der Waals surface area contributed by atoms with Crippen LogP contribution in [0.25, 0.3) is 0 Å². The molecule has 0 spiro atoms. The minimum atomic E-state index is -3.53. The van der Waals surface area contributed by atoms with Gasteiger partial charge < -0.3 is 9.47 Å². The molecule has 5 aliphatic rings. The number of hydrogen-bond acceptors (Lipinski definition) is 5. The normalized spacial score (nSPS) is 32.4. The fourth-order valence-corrected chi connectivity index (χ4v) is 8.25. The molecule has 1 aromatic heterocycles. The Hall–Kier alpha value is -1.71. The molecule has 0 radical (unpaired) electrons. The summed E-state index contributed by atoms with van der Waals surface area (Å²) >= 11 is 5.90. The minimum absolute atomic E-state index is 0.140. The van der Waals surface area contributed by atoms with Gasteiger partial charge in [-0.1, -0.05) is 17.7 Å². The van der Waals surface area contributed by atoms with Crippen molar-refractivity contribution in [2.75, 3.05) is 39.3 Å². The van der Waals surface area contributed by atoms with E-state index in [4.69, 9.17) is 11.6 Å². The Labute approximate surface area is 212 Å². The first-order valence-electron chi connectivity index (χ1n) is 12.8. The molecule has 9 heteroatoms. The smallest absolute Gasteiger partial charge is 0.250 e. The summed E-state index contributed by atoms with van der Waals surface area (Å²) < 4.78 is 30.3. The first kappa shape index (κ1) is 23.7. The van der Waals surface area contributed by atoms with E-state index in [0.29, 0.717) is 35.2 Å². The van der Waals surface area contributed by atoms with E-state index in [9.17, 15) is 13.2 Å². The van der Waals surface area contributed by atoms with Crippen molar-refractivity contribution in [1.82, 2.24) is 19.1 Å². The molecule has 2 aromatic rings. The van der Waals surface area contributed by atoms with Gasteiger partial charge >= 0.3 is 0 Å². The van der Waals surface area contributed by atoms with E-state index in [1.807, 2.05) is 10.6 Å². The summed E-state index contributed by atoms with van der Waals surface area (Å²) in [6, 6.07) is 12.3. The quantitative estimate of drug-likeness (QED) is 0.639. The summed E-state index contributed by atoms with van der Waals surface area (Å²) in [5.74, 6) is 2.27. The summed E-state index contributed by atoms with van der Waals surface area (Å²) in [5, 5.41) is 0.529. The van der Waals surface area contributed by atoms with Crippen LogP contribution in [-0.4, -0.2) is 68.1 Å². The Morgan fingerprint density at radius 2 is 1.83 bits per heavy atom. The van der Waals surface area contributed by atoms with Gasteiger partial charge in [-0.15, -0.1) is 0 Å². The lowest BCUT2D eigenvalue weighted by molar-refractivity contribution is -0.0187. The second kappa shape index (κ2) is 9.30. The molecule has 1 aromatic carbocycles. The van der Waals surface area contributed by atoms with E-state index in [-0.39, 0.29) is 16.5 Å². The molecule has 7 nitrogen and oxygen atoms in total. The van der Waals surface area contributed by atoms with Crippen LogP contribution >= 0.6 is 11.6 Å². The van der Waals surface area contributed by atoms with Crippen LogP contribution in [0.4, 0.5) is 0 Å². The van der Waals surface area contributed by atoms with Crippen molar-refractivity contribution in [3.63, 3.8) is 0 Å². The standard InChI is InChI=1S/C26H33ClN4O3S/c27-22-4-6-24(7-5-22)35(33,34)28-12-23-11-19-8-9-30(23)17-21(19)16-29-13-18-10-20(15-29)25-2-1-3-26(32)31(25)14-18/h1-7,18-21,23,28H,8-17H2/t18-,19+,20-,21-,23-/m1/s1. The number of aromatic nitrogens is 1. The van der Waals surface area contributed by atoms with E-state index in [0.717, 1.165) is 45.7 Å². The molecule has 0 amide bonds. The number of likely N-dealkylation sites (tertiary alicyclic amines) is 1. The number of hydrogen-bond donors (Lipinski definition) is 1. The Morgan fingerprint density at radius 3 is 2.60 bits per heavy atom. The van der Waals surface area contributed by atoms with E-state index in [2.05, 4.69) is 20.6 Å². The lowest BCUT2D eigenvalue weighted by Gasteiger charge is -2.52. The summed E-state index contributed by atoms with van der Waals surface area (Å²) in [4.78, 5) is 17.7. The molecule has 1 N–H and O–H groups in total. The zero-order chi connectivity index (χ0) is 24.2. The van der Waals surface area contributed by atoms with Gasteiger partial charge in [0.15, 0.2) is 0 Å². The Kier molecular flexibility index (Phi) is 6.29. The second-order valence-electron chi connectivity index (χ2n) is 10.9. The molecule has 4 fully saturated rings. The van der Waals surface area contributed by atoms with Crippen molar-refractivity contribution >= 4 is 21.6 Å². The topological polar surface area (TPSA) is 74.7 Å². The summed E-state index contributed by atoms with van der Waals surface area (Å²) in [6.07, 6.45) is 3.44.